The van der Waals surface area contributed by atoms with Gasteiger partial charge in [-0.3, -0.25) is 4.98 Å². The molecule has 8 heteroatoms. The normalized spacial score (nSPS) is 17.8. The summed E-state index contributed by atoms with van der Waals surface area (Å²) in [5.41, 5.74) is 2.30. The molecule has 0 amide bonds. The number of rotatable bonds is 5. The van der Waals surface area contributed by atoms with Crippen molar-refractivity contribution in [2.75, 3.05) is 13.1 Å². The summed E-state index contributed by atoms with van der Waals surface area (Å²) in [7, 11) is -3.61. The standard InChI is InChI=1S/C23H25N5O2S/c1-16(2)28-21(26-19-8-5-12-25-23(19)28)14-17-10-13-27(15-17)31(29,30)20-9-3-6-18-7-4-11-24-22(18)20/h3-9,11-12,16-17H,10,13-15H2,1-2H3. The Morgan fingerprint density at radius 3 is 2.68 bits per heavy atom. The van der Waals surface area contributed by atoms with Gasteiger partial charge in [0.15, 0.2) is 5.65 Å². The molecule has 0 bridgehead atoms. The number of nitrogens with zero attached hydrogens (tertiary/aromatic N) is 5. The summed E-state index contributed by atoms with van der Waals surface area (Å²) < 4.78 is 30.6. The molecular weight excluding hydrogens is 410 g/mol. The number of pyridine rings is 2. The highest BCUT2D eigenvalue weighted by atomic mass is 32.2. The number of hydrogen-bond acceptors (Lipinski definition) is 5. The minimum Gasteiger partial charge on any atom is -0.310 e. The number of aromatic nitrogens is 4. The number of benzene rings is 1. The first kappa shape index (κ1) is 20.1. The average Bonchev–Trinajstić information content (AvgIpc) is 3.38. The van der Waals surface area contributed by atoms with E-state index in [4.69, 9.17) is 4.98 Å². The van der Waals surface area contributed by atoms with Crippen molar-refractivity contribution in [3.8, 4) is 0 Å². The molecule has 160 valence electrons. The fraction of sp³-hybridized carbons (Fsp3) is 0.348. The van der Waals surface area contributed by atoms with E-state index in [-0.39, 0.29) is 16.9 Å². The van der Waals surface area contributed by atoms with Gasteiger partial charge < -0.3 is 4.57 Å². The molecule has 31 heavy (non-hydrogen) atoms. The molecule has 3 aromatic heterocycles. The van der Waals surface area contributed by atoms with E-state index in [2.05, 4.69) is 28.4 Å². The first-order valence-corrected chi connectivity index (χ1v) is 12.0. The molecule has 1 aliphatic rings. The van der Waals surface area contributed by atoms with Crippen molar-refractivity contribution in [2.24, 2.45) is 5.92 Å². The molecule has 4 heterocycles. The molecule has 0 aliphatic carbocycles. The van der Waals surface area contributed by atoms with Crippen molar-refractivity contribution < 1.29 is 8.42 Å². The number of sulfonamides is 1. The third kappa shape index (κ3) is 3.49. The van der Waals surface area contributed by atoms with Crippen LogP contribution in [0.15, 0.2) is 59.8 Å². The quantitative estimate of drug-likeness (QED) is 0.476. The van der Waals surface area contributed by atoms with Crippen molar-refractivity contribution in [1.29, 1.82) is 0 Å². The van der Waals surface area contributed by atoms with Crippen molar-refractivity contribution in [3.63, 3.8) is 0 Å². The Balaban J connectivity index is 1.42. The maximum atomic E-state index is 13.4. The van der Waals surface area contributed by atoms with Crippen molar-refractivity contribution >= 4 is 32.1 Å². The highest BCUT2D eigenvalue weighted by Crippen LogP contribution is 2.30. The average molecular weight is 436 g/mol. The largest absolute Gasteiger partial charge is 0.310 e. The van der Waals surface area contributed by atoms with Crippen LogP contribution in [0, 0.1) is 5.92 Å². The predicted molar refractivity (Wildman–Crippen MR) is 120 cm³/mol. The lowest BCUT2D eigenvalue weighted by Crippen LogP contribution is -2.29. The first-order valence-electron chi connectivity index (χ1n) is 10.6. The third-order valence-corrected chi connectivity index (χ3v) is 7.87. The minimum absolute atomic E-state index is 0.215. The number of imidazole rings is 1. The molecule has 4 aromatic rings. The lowest BCUT2D eigenvalue weighted by atomic mass is 10.0. The predicted octanol–water partition coefficient (Wildman–Crippen LogP) is 3.81. The van der Waals surface area contributed by atoms with E-state index in [1.165, 1.54) is 0 Å². The zero-order valence-corrected chi connectivity index (χ0v) is 18.5. The van der Waals surface area contributed by atoms with E-state index in [9.17, 15) is 8.42 Å². The topological polar surface area (TPSA) is 81.0 Å². The van der Waals surface area contributed by atoms with Gasteiger partial charge in [-0.25, -0.2) is 18.4 Å². The summed E-state index contributed by atoms with van der Waals surface area (Å²) in [6, 6.07) is 13.1. The van der Waals surface area contributed by atoms with Crippen LogP contribution >= 0.6 is 0 Å². The zero-order chi connectivity index (χ0) is 21.6. The Kier molecular flexibility index (Phi) is 4.98. The van der Waals surface area contributed by atoms with Gasteiger partial charge in [0, 0.05) is 43.3 Å². The molecule has 1 fully saturated rings. The Bertz CT molecular complexity index is 1360. The lowest BCUT2D eigenvalue weighted by molar-refractivity contribution is 0.447. The molecule has 1 unspecified atom stereocenters. The molecule has 1 saturated heterocycles. The van der Waals surface area contributed by atoms with E-state index in [0.29, 0.717) is 18.6 Å². The second kappa shape index (κ2) is 7.69. The van der Waals surface area contributed by atoms with Crippen LogP contribution in [0.2, 0.25) is 0 Å². The summed E-state index contributed by atoms with van der Waals surface area (Å²) in [6.45, 7) is 5.24. The van der Waals surface area contributed by atoms with E-state index >= 15 is 0 Å². The fourth-order valence-electron chi connectivity index (χ4n) is 4.53. The summed E-state index contributed by atoms with van der Waals surface area (Å²) in [4.78, 5) is 13.9. The molecule has 1 aliphatic heterocycles. The van der Waals surface area contributed by atoms with Gasteiger partial charge in [0.05, 0.1) is 5.52 Å². The Hall–Kier alpha value is -2.84. The first-order chi connectivity index (χ1) is 14.9. The SMILES string of the molecule is CC(C)n1c(CC2CCN(S(=O)(=O)c3cccc4cccnc34)C2)nc2cccnc21. The van der Waals surface area contributed by atoms with Gasteiger partial charge in [-0.2, -0.15) is 4.31 Å². The minimum atomic E-state index is -3.61. The van der Waals surface area contributed by atoms with Gasteiger partial charge in [0.1, 0.15) is 16.2 Å². The van der Waals surface area contributed by atoms with Crippen LogP contribution in [0.5, 0.6) is 0 Å². The van der Waals surface area contributed by atoms with Crippen molar-refractivity contribution in [1.82, 2.24) is 23.8 Å². The summed E-state index contributed by atoms with van der Waals surface area (Å²) in [5, 5.41) is 0.831. The second-order valence-corrected chi connectivity index (χ2v) is 10.3. The molecule has 7 nitrogen and oxygen atoms in total. The number of fused-ring (bicyclic) bond motifs is 2. The summed E-state index contributed by atoms with van der Waals surface area (Å²) >= 11 is 0. The Morgan fingerprint density at radius 2 is 1.84 bits per heavy atom. The molecule has 0 N–H and O–H groups in total. The van der Waals surface area contributed by atoms with E-state index in [0.717, 1.165) is 35.2 Å². The Morgan fingerprint density at radius 1 is 1.06 bits per heavy atom. The van der Waals surface area contributed by atoms with Crippen molar-refractivity contribution in [3.05, 3.63) is 60.7 Å². The van der Waals surface area contributed by atoms with Crippen LogP contribution in [0.3, 0.4) is 0 Å². The maximum absolute atomic E-state index is 13.4. The van der Waals surface area contributed by atoms with Crippen LogP contribution < -0.4 is 0 Å². The monoisotopic (exact) mass is 435 g/mol. The maximum Gasteiger partial charge on any atom is 0.245 e. The van der Waals surface area contributed by atoms with Gasteiger partial charge in [-0.05, 0) is 50.5 Å². The summed E-state index contributed by atoms with van der Waals surface area (Å²) in [5.74, 6) is 1.19. The van der Waals surface area contributed by atoms with Crippen LogP contribution in [0.1, 0.15) is 32.1 Å². The van der Waals surface area contributed by atoms with E-state index in [1.54, 1.807) is 28.8 Å². The highest BCUT2D eigenvalue weighted by molar-refractivity contribution is 7.89. The molecule has 0 saturated carbocycles. The van der Waals surface area contributed by atoms with Crippen LogP contribution in [-0.4, -0.2) is 45.3 Å². The second-order valence-electron chi connectivity index (χ2n) is 8.39. The molecule has 0 spiro atoms. The van der Waals surface area contributed by atoms with Gasteiger partial charge in [-0.1, -0.05) is 18.2 Å². The molecule has 1 aromatic carbocycles. The molecular formula is C23H25N5O2S. The molecule has 1 atom stereocenters. The van der Waals surface area contributed by atoms with Gasteiger partial charge >= 0.3 is 0 Å². The zero-order valence-electron chi connectivity index (χ0n) is 17.6. The van der Waals surface area contributed by atoms with Crippen LogP contribution in [0.25, 0.3) is 22.1 Å². The Labute approximate surface area is 181 Å². The molecule has 5 rings (SSSR count). The number of hydrogen-bond donors (Lipinski definition) is 0. The van der Waals surface area contributed by atoms with Crippen LogP contribution in [0.4, 0.5) is 0 Å². The fourth-order valence-corrected chi connectivity index (χ4v) is 6.22. The third-order valence-electron chi connectivity index (χ3n) is 5.97. The van der Waals surface area contributed by atoms with Gasteiger partial charge in [0.2, 0.25) is 10.0 Å². The lowest BCUT2D eigenvalue weighted by Gasteiger charge is -2.18. The van der Waals surface area contributed by atoms with Crippen molar-refractivity contribution in [2.45, 2.75) is 37.6 Å². The smallest absolute Gasteiger partial charge is 0.245 e. The van der Waals surface area contributed by atoms with E-state index in [1.807, 2.05) is 30.3 Å². The number of para-hydroxylation sites is 1. The van der Waals surface area contributed by atoms with Gasteiger partial charge in [-0.15, -0.1) is 0 Å². The van der Waals surface area contributed by atoms with E-state index < -0.39 is 10.0 Å². The van der Waals surface area contributed by atoms with Gasteiger partial charge in [0.25, 0.3) is 0 Å². The van der Waals surface area contributed by atoms with Crippen LogP contribution in [-0.2, 0) is 16.4 Å². The highest BCUT2D eigenvalue weighted by Gasteiger charge is 2.34. The summed E-state index contributed by atoms with van der Waals surface area (Å²) in [6.07, 6.45) is 4.97. The molecule has 0 radical (unpaired) electrons.